The molecule has 0 aromatic heterocycles. The number of phenolic OH excluding ortho intramolecular Hbond substituents is 1. The minimum Gasteiger partial charge on any atom is -0.506 e. The second-order valence-corrected chi connectivity index (χ2v) is 4.59. The average molecular weight is 340 g/mol. The molecule has 0 saturated carbocycles. The summed E-state index contributed by atoms with van der Waals surface area (Å²) in [5, 5.41) is 9.59. The third-order valence-electron chi connectivity index (χ3n) is 2.92. The first-order valence-electron chi connectivity index (χ1n) is 7.23. The summed E-state index contributed by atoms with van der Waals surface area (Å²) in [5.41, 5.74) is -0.313. The Hall–Kier alpha value is -2.29. The fourth-order valence-electron chi connectivity index (χ4n) is 1.72. The summed E-state index contributed by atoms with van der Waals surface area (Å²) in [5.74, 6) is -1.19. The van der Waals surface area contributed by atoms with E-state index in [1.807, 2.05) is 0 Å². The molecule has 0 saturated heterocycles. The monoisotopic (exact) mass is 340 g/mol. The van der Waals surface area contributed by atoms with Crippen molar-refractivity contribution in [3.8, 4) is 5.75 Å². The fourth-order valence-corrected chi connectivity index (χ4v) is 1.72. The van der Waals surface area contributed by atoms with Gasteiger partial charge < -0.3 is 24.1 Å². The molecule has 8 nitrogen and oxygen atoms in total. The van der Waals surface area contributed by atoms with Gasteiger partial charge >= 0.3 is 5.97 Å². The van der Waals surface area contributed by atoms with Crippen LogP contribution in [0.1, 0.15) is 31.1 Å². The zero-order valence-corrected chi connectivity index (χ0v) is 13.4. The van der Waals surface area contributed by atoms with Crippen molar-refractivity contribution in [1.82, 2.24) is 0 Å². The molecule has 0 radical (unpaired) electrons. The molecule has 0 spiro atoms. The van der Waals surface area contributed by atoms with Crippen molar-refractivity contribution in [2.75, 3.05) is 46.8 Å². The third kappa shape index (κ3) is 6.45. The van der Waals surface area contributed by atoms with Crippen LogP contribution < -0.4 is 0 Å². The Balaban J connectivity index is 2.35. The van der Waals surface area contributed by atoms with Gasteiger partial charge in [0, 0.05) is 7.11 Å². The highest BCUT2D eigenvalue weighted by molar-refractivity contribution is 5.97. The van der Waals surface area contributed by atoms with Crippen molar-refractivity contribution in [3.63, 3.8) is 0 Å². The van der Waals surface area contributed by atoms with Gasteiger partial charge in [-0.3, -0.25) is 9.59 Å². The minimum absolute atomic E-state index is 0.0000936. The highest BCUT2D eigenvalue weighted by Crippen LogP contribution is 2.22. The SMILES string of the molecule is COCCOCCOCCOC(=O)c1cc(C=O)c(O)c(C=O)c1. The van der Waals surface area contributed by atoms with Crippen molar-refractivity contribution in [2.24, 2.45) is 0 Å². The molecule has 0 bridgehead atoms. The molecule has 1 aromatic rings. The fraction of sp³-hybridized carbons (Fsp3) is 0.438. The summed E-state index contributed by atoms with van der Waals surface area (Å²) < 4.78 is 20.2. The zero-order chi connectivity index (χ0) is 17.8. The van der Waals surface area contributed by atoms with Gasteiger partial charge in [0.1, 0.15) is 12.4 Å². The summed E-state index contributed by atoms with van der Waals surface area (Å²) in [4.78, 5) is 33.5. The maximum atomic E-state index is 11.9. The lowest BCUT2D eigenvalue weighted by Crippen LogP contribution is -2.14. The quantitative estimate of drug-likeness (QED) is 0.339. The molecule has 1 N–H and O–H groups in total. The Bertz CT molecular complexity index is 526. The molecule has 1 aromatic carbocycles. The van der Waals surface area contributed by atoms with Gasteiger partial charge in [0.25, 0.3) is 0 Å². The summed E-state index contributed by atoms with van der Waals surface area (Å²) in [7, 11) is 1.58. The molecule has 132 valence electrons. The number of carbonyl (C=O) groups is 3. The number of hydrogen-bond acceptors (Lipinski definition) is 8. The van der Waals surface area contributed by atoms with E-state index in [0.717, 1.165) is 12.1 Å². The molecule has 8 heteroatoms. The molecule has 24 heavy (non-hydrogen) atoms. The number of rotatable bonds is 12. The highest BCUT2D eigenvalue weighted by Gasteiger charge is 2.14. The number of esters is 1. The van der Waals surface area contributed by atoms with Crippen LogP contribution in [0.15, 0.2) is 12.1 Å². The van der Waals surface area contributed by atoms with Crippen molar-refractivity contribution < 1.29 is 38.4 Å². The van der Waals surface area contributed by atoms with Crippen molar-refractivity contribution in [1.29, 1.82) is 0 Å². The average Bonchev–Trinajstić information content (AvgIpc) is 2.60. The van der Waals surface area contributed by atoms with Gasteiger partial charge in [-0.2, -0.15) is 0 Å². The minimum atomic E-state index is -0.721. The normalized spacial score (nSPS) is 10.4. The first-order chi connectivity index (χ1) is 11.6. The highest BCUT2D eigenvalue weighted by atomic mass is 16.6. The van der Waals surface area contributed by atoms with Crippen molar-refractivity contribution >= 4 is 18.5 Å². The Morgan fingerprint density at radius 2 is 1.46 bits per heavy atom. The summed E-state index contributed by atoms with van der Waals surface area (Å²) in [6, 6.07) is 2.31. The van der Waals surface area contributed by atoms with Crippen LogP contribution in [0.3, 0.4) is 0 Å². The molecule has 0 heterocycles. The van der Waals surface area contributed by atoms with Crippen LogP contribution in [-0.4, -0.2) is 70.4 Å². The van der Waals surface area contributed by atoms with Gasteiger partial charge in [-0.1, -0.05) is 0 Å². The van der Waals surface area contributed by atoms with Gasteiger partial charge in [0.15, 0.2) is 12.6 Å². The Labute approximate surface area is 139 Å². The topological polar surface area (TPSA) is 108 Å². The van der Waals surface area contributed by atoms with Crippen LogP contribution in [0.5, 0.6) is 5.75 Å². The number of benzene rings is 1. The molecular formula is C16H20O8. The summed E-state index contributed by atoms with van der Waals surface area (Å²) in [6.45, 7) is 1.93. The lowest BCUT2D eigenvalue weighted by molar-refractivity contribution is 0.00570. The standard InChI is InChI=1S/C16H20O8/c1-21-2-3-22-4-5-23-6-7-24-16(20)12-8-13(10-17)15(19)14(9-12)11-18/h8-11,19H,2-7H2,1H3. The predicted octanol–water partition coefficient (Wildman–Crippen LogP) is 0.854. The number of aldehydes is 2. The van der Waals surface area contributed by atoms with Crippen LogP contribution in [0.25, 0.3) is 0 Å². The number of hydrogen-bond donors (Lipinski definition) is 1. The van der Waals surface area contributed by atoms with Gasteiger partial charge in [0.2, 0.25) is 0 Å². The zero-order valence-electron chi connectivity index (χ0n) is 13.4. The van der Waals surface area contributed by atoms with Crippen LogP contribution in [-0.2, 0) is 18.9 Å². The van der Waals surface area contributed by atoms with Crippen LogP contribution in [0.4, 0.5) is 0 Å². The first kappa shape index (κ1) is 19.8. The third-order valence-corrected chi connectivity index (χ3v) is 2.92. The van der Waals surface area contributed by atoms with E-state index in [4.69, 9.17) is 18.9 Å². The predicted molar refractivity (Wildman–Crippen MR) is 82.7 cm³/mol. The van der Waals surface area contributed by atoms with E-state index < -0.39 is 11.7 Å². The van der Waals surface area contributed by atoms with E-state index >= 15 is 0 Å². The van der Waals surface area contributed by atoms with Gasteiger partial charge in [0.05, 0.1) is 49.7 Å². The summed E-state index contributed by atoms with van der Waals surface area (Å²) >= 11 is 0. The lowest BCUT2D eigenvalue weighted by Gasteiger charge is -2.08. The van der Waals surface area contributed by atoms with Gasteiger partial charge in [-0.15, -0.1) is 0 Å². The number of phenols is 1. The molecular weight excluding hydrogens is 320 g/mol. The van der Waals surface area contributed by atoms with E-state index in [2.05, 4.69) is 0 Å². The molecule has 0 amide bonds. The second kappa shape index (κ2) is 11.3. The number of methoxy groups -OCH3 is 1. The lowest BCUT2D eigenvalue weighted by atomic mass is 10.1. The van der Waals surface area contributed by atoms with E-state index in [0.29, 0.717) is 39.0 Å². The molecule has 1 rings (SSSR count). The van der Waals surface area contributed by atoms with Crippen molar-refractivity contribution in [2.45, 2.75) is 0 Å². The molecule has 0 fully saturated rings. The summed E-state index contributed by atoms with van der Waals surface area (Å²) in [6.07, 6.45) is 0.706. The number of ether oxygens (including phenoxy) is 4. The van der Waals surface area contributed by atoms with E-state index in [-0.39, 0.29) is 29.9 Å². The van der Waals surface area contributed by atoms with E-state index in [1.165, 1.54) is 0 Å². The Morgan fingerprint density at radius 3 is 1.96 bits per heavy atom. The van der Waals surface area contributed by atoms with Crippen LogP contribution >= 0.6 is 0 Å². The van der Waals surface area contributed by atoms with E-state index in [9.17, 15) is 19.5 Å². The van der Waals surface area contributed by atoms with Gasteiger partial charge in [-0.05, 0) is 12.1 Å². The van der Waals surface area contributed by atoms with Crippen molar-refractivity contribution in [3.05, 3.63) is 28.8 Å². The second-order valence-electron chi connectivity index (χ2n) is 4.59. The maximum Gasteiger partial charge on any atom is 0.338 e. The molecule has 0 atom stereocenters. The van der Waals surface area contributed by atoms with E-state index in [1.54, 1.807) is 7.11 Å². The molecule has 0 aliphatic rings. The Kier molecular flexibility index (Phi) is 9.28. The molecule has 0 aliphatic heterocycles. The first-order valence-corrected chi connectivity index (χ1v) is 7.23. The van der Waals surface area contributed by atoms with Crippen LogP contribution in [0.2, 0.25) is 0 Å². The van der Waals surface area contributed by atoms with Gasteiger partial charge in [-0.25, -0.2) is 4.79 Å². The number of aromatic hydroxyl groups is 1. The largest absolute Gasteiger partial charge is 0.506 e. The number of carbonyl (C=O) groups excluding carboxylic acids is 3. The smallest absolute Gasteiger partial charge is 0.338 e. The molecule has 0 unspecified atom stereocenters. The maximum absolute atomic E-state index is 11.9. The van der Waals surface area contributed by atoms with Crippen LogP contribution in [0, 0.1) is 0 Å². The molecule has 0 aliphatic carbocycles. The Morgan fingerprint density at radius 1 is 0.958 bits per heavy atom.